The second-order valence-electron chi connectivity index (χ2n) is 1.70. The van der Waals surface area contributed by atoms with Crippen LogP contribution in [0.4, 0.5) is 5.69 Å². The van der Waals surface area contributed by atoms with Crippen LogP contribution >= 0.6 is 38.5 Å². The van der Waals surface area contributed by atoms with Crippen molar-refractivity contribution in [3.63, 3.8) is 0 Å². The van der Waals surface area contributed by atoms with Crippen molar-refractivity contribution in [2.24, 2.45) is 0 Å². The fourth-order valence-electron chi connectivity index (χ4n) is 0.541. The summed E-state index contributed by atoms with van der Waals surface area (Å²) < 4.78 is 0.995. The van der Waals surface area contributed by atoms with Crippen LogP contribution in [0.5, 0.6) is 0 Å². The van der Waals surface area contributed by atoms with E-state index < -0.39 is 4.92 Å². The highest BCUT2D eigenvalue weighted by atomic mass is 127. The predicted molar refractivity (Wildman–Crippen MR) is 51.3 cm³/mol. The molecular formula is C5H2BrIN2O2. The van der Waals surface area contributed by atoms with E-state index in [1.807, 2.05) is 22.6 Å². The van der Waals surface area contributed by atoms with Crippen LogP contribution in [-0.2, 0) is 0 Å². The fourth-order valence-corrected chi connectivity index (χ4v) is 1.82. The predicted octanol–water partition coefficient (Wildman–Crippen LogP) is 2.36. The number of halogens is 2. The minimum atomic E-state index is -0.457. The van der Waals surface area contributed by atoms with Crippen LogP contribution in [0.2, 0.25) is 0 Å². The first-order chi connectivity index (χ1) is 5.11. The van der Waals surface area contributed by atoms with Crippen LogP contribution < -0.4 is 0 Å². The van der Waals surface area contributed by atoms with E-state index in [0.717, 1.165) is 0 Å². The molecule has 0 N–H and O–H groups in total. The molecule has 6 heteroatoms. The summed E-state index contributed by atoms with van der Waals surface area (Å²) in [7, 11) is 0. The Morgan fingerprint density at radius 3 is 2.73 bits per heavy atom. The highest BCUT2D eigenvalue weighted by molar-refractivity contribution is 14.1. The molecule has 1 aromatic rings. The van der Waals surface area contributed by atoms with E-state index in [1.54, 1.807) is 6.07 Å². The maximum atomic E-state index is 10.3. The van der Waals surface area contributed by atoms with Gasteiger partial charge in [-0.05, 0) is 44.6 Å². The summed E-state index contributed by atoms with van der Waals surface area (Å²) in [4.78, 5) is 13.7. The van der Waals surface area contributed by atoms with Crippen LogP contribution in [0.1, 0.15) is 0 Å². The molecule has 0 radical (unpaired) electrons. The lowest BCUT2D eigenvalue weighted by Gasteiger charge is -1.93. The van der Waals surface area contributed by atoms with Gasteiger partial charge in [0.1, 0.15) is 4.60 Å². The van der Waals surface area contributed by atoms with Gasteiger partial charge in [-0.25, -0.2) is 4.98 Å². The Labute approximate surface area is 84.4 Å². The van der Waals surface area contributed by atoms with Gasteiger partial charge in [-0.2, -0.15) is 0 Å². The van der Waals surface area contributed by atoms with Crippen LogP contribution in [0.25, 0.3) is 0 Å². The highest BCUT2D eigenvalue weighted by Gasteiger charge is 2.11. The Bertz CT molecular complexity index is 305. The minimum Gasteiger partial charge on any atom is -0.258 e. The van der Waals surface area contributed by atoms with Crippen LogP contribution in [0, 0.1) is 13.8 Å². The zero-order valence-corrected chi connectivity index (χ0v) is 8.87. The van der Waals surface area contributed by atoms with Crippen molar-refractivity contribution in [1.82, 2.24) is 4.98 Å². The van der Waals surface area contributed by atoms with Crippen LogP contribution in [-0.4, -0.2) is 9.91 Å². The monoisotopic (exact) mass is 328 g/mol. The molecule has 11 heavy (non-hydrogen) atoms. The largest absolute Gasteiger partial charge is 0.301 e. The lowest BCUT2D eigenvalue weighted by molar-refractivity contribution is -0.386. The van der Waals surface area contributed by atoms with Gasteiger partial charge in [0, 0.05) is 6.07 Å². The third-order valence-corrected chi connectivity index (χ3v) is 2.23. The Morgan fingerprint density at radius 2 is 2.27 bits per heavy atom. The van der Waals surface area contributed by atoms with Gasteiger partial charge in [0.25, 0.3) is 0 Å². The minimum absolute atomic E-state index is 0.0359. The zero-order valence-electron chi connectivity index (χ0n) is 5.12. The molecule has 0 bridgehead atoms. The second kappa shape index (κ2) is 3.44. The van der Waals surface area contributed by atoms with Crippen molar-refractivity contribution in [2.45, 2.75) is 0 Å². The average molecular weight is 329 g/mol. The van der Waals surface area contributed by atoms with Crippen molar-refractivity contribution >= 4 is 44.2 Å². The van der Waals surface area contributed by atoms with Gasteiger partial charge in [-0.1, -0.05) is 0 Å². The molecule has 4 nitrogen and oxygen atoms in total. The van der Waals surface area contributed by atoms with Crippen molar-refractivity contribution in [3.8, 4) is 0 Å². The summed E-state index contributed by atoms with van der Waals surface area (Å²) in [6, 6.07) is 2.96. The molecule has 0 atom stereocenters. The molecule has 0 amide bonds. The normalized spacial score (nSPS) is 9.64. The Balaban J connectivity index is 3.20. The summed E-state index contributed by atoms with van der Waals surface area (Å²) >= 11 is 4.93. The van der Waals surface area contributed by atoms with E-state index in [-0.39, 0.29) is 5.69 Å². The molecule has 58 valence electrons. The molecule has 1 aromatic heterocycles. The quantitative estimate of drug-likeness (QED) is 0.344. The number of nitrogens with zero attached hydrogens (tertiary/aromatic N) is 2. The molecule has 0 spiro atoms. The first kappa shape index (κ1) is 8.85. The molecule has 0 aliphatic heterocycles. The molecule has 0 aromatic carbocycles. The number of rotatable bonds is 1. The van der Waals surface area contributed by atoms with Gasteiger partial charge in [0.15, 0.2) is 3.70 Å². The first-order valence-corrected chi connectivity index (χ1v) is 4.45. The standard InChI is InChI=1S/C5H2BrIN2O2/c6-4-2-1-3(9(10)11)5(7)8-4/h1-2H. The molecule has 0 saturated heterocycles. The van der Waals surface area contributed by atoms with Crippen LogP contribution in [0.3, 0.4) is 0 Å². The van der Waals surface area contributed by atoms with Crippen molar-refractivity contribution in [1.29, 1.82) is 0 Å². The van der Waals surface area contributed by atoms with Crippen molar-refractivity contribution in [3.05, 3.63) is 30.6 Å². The average Bonchev–Trinajstić information content (AvgIpc) is 1.85. The van der Waals surface area contributed by atoms with E-state index >= 15 is 0 Å². The lowest BCUT2D eigenvalue weighted by Crippen LogP contribution is -1.93. The maximum Gasteiger partial charge on any atom is 0.301 e. The van der Waals surface area contributed by atoms with Gasteiger partial charge < -0.3 is 0 Å². The summed E-state index contributed by atoms with van der Waals surface area (Å²) in [5.41, 5.74) is 0.0359. The molecule has 1 rings (SSSR count). The van der Waals surface area contributed by atoms with E-state index in [1.165, 1.54) is 6.07 Å². The van der Waals surface area contributed by atoms with Gasteiger partial charge in [-0.3, -0.25) is 10.1 Å². The smallest absolute Gasteiger partial charge is 0.258 e. The van der Waals surface area contributed by atoms with E-state index in [0.29, 0.717) is 8.30 Å². The molecule has 0 aliphatic rings. The molecule has 0 fully saturated rings. The Kier molecular flexibility index (Phi) is 2.77. The summed E-state index contributed by atoms with van der Waals surface area (Å²) in [5, 5.41) is 10.3. The van der Waals surface area contributed by atoms with E-state index in [2.05, 4.69) is 20.9 Å². The summed E-state index contributed by atoms with van der Waals surface area (Å²) in [5.74, 6) is 0. The third kappa shape index (κ3) is 2.09. The summed E-state index contributed by atoms with van der Waals surface area (Å²) in [6.45, 7) is 0. The fraction of sp³-hybridized carbons (Fsp3) is 0. The van der Waals surface area contributed by atoms with Crippen LogP contribution in [0.15, 0.2) is 16.7 Å². The molecule has 0 aliphatic carbocycles. The number of nitro groups is 1. The second-order valence-corrected chi connectivity index (χ2v) is 3.54. The van der Waals surface area contributed by atoms with Gasteiger partial charge in [0.05, 0.1) is 4.92 Å². The topological polar surface area (TPSA) is 56.0 Å². The van der Waals surface area contributed by atoms with E-state index in [4.69, 9.17) is 0 Å². The number of pyridine rings is 1. The lowest BCUT2D eigenvalue weighted by atomic mass is 10.4. The molecule has 1 heterocycles. The van der Waals surface area contributed by atoms with Crippen molar-refractivity contribution < 1.29 is 4.92 Å². The third-order valence-electron chi connectivity index (χ3n) is 0.992. The Hall–Kier alpha value is -0.240. The number of aromatic nitrogens is 1. The molecule has 0 unspecified atom stereocenters. The van der Waals surface area contributed by atoms with Crippen molar-refractivity contribution in [2.75, 3.05) is 0 Å². The van der Waals surface area contributed by atoms with Gasteiger partial charge >= 0.3 is 5.69 Å². The molecular weight excluding hydrogens is 327 g/mol. The molecule has 0 saturated carbocycles. The number of hydrogen-bond donors (Lipinski definition) is 0. The van der Waals surface area contributed by atoms with Gasteiger partial charge in [-0.15, -0.1) is 0 Å². The van der Waals surface area contributed by atoms with E-state index in [9.17, 15) is 10.1 Å². The first-order valence-electron chi connectivity index (χ1n) is 2.57. The van der Waals surface area contributed by atoms with Gasteiger partial charge in [0.2, 0.25) is 0 Å². The summed E-state index contributed by atoms with van der Waals surface area (Å²) in [6.07, 6.45) is 0. The highest BCUT2D eigenvalue weighted by Crippen LogP contribution is 2.20. The Morgan fingerprint density at radius 1 is 1.64 bits per heavy atom. The maximum absolute atomic E-state index is 10.3. The SMILES string of the molecule is O=[N+]([O-])c1ccc(Br)nc1I. The number of hydrogen-bond acceptors (Lipinski definition) is 3. The zero-order chi connectivity index (χ0) is 8.43.